The molecular formula is C18H21NO4S. The number of rotatable bonds is 6. The fraction of sp³-hybridized carbons (Fsp3) is 0.333. The SMILES string of the molecule is O=S(=O)(O)c1ccc(-c2ccc(OCCN3CCCC3)cc2)cc1. The zero-order valence-electron chi connectivity index (χ0n) is 13.4. The van der Waals surface area contributed by atoms with Gasteiger partial charge in [-0.05, 0) is 61.3 Å². The molecule has 1 heterocycles. The molecule has 1 aliphatic rings. The number of hydrogen-bond acceptors (Lipinski definition) is 4. The van der Waals surface area contributed by atoms with E-state index in [9.17, 15) is 8.42 Å². The summed E-state index contributed by atoms with van der Waals surface area (Å²) in [7, 11) is -4.15. The first-order valence-electron chi connectivity index (χ1n) is 8.05. The lowest BCUT2D eigenvalue weighted by molar-refractivity contribution is 0.238. The van der Waals surface area contributed by atoms with Crippen LogP contribution in [0.2, 0.25) is 0 Å². The van der Waals surface area contributed by atoms with Crippen LogP contribution in [0.4, 0.5) is 0 Å². The minimum atomic E-state index is -4.15. The lowest BCUT2D eigenvalue weighted by atomic mass is 10.1. The summed E-state index contributed by atoms with van der Waals surface area (Å²) in [5.74, 6) is 0.826. The summed E-state index contributed by atoms with van der Waals surface area (Å²) in [4.78, 5) is 2.30. The minimum Gasteiger partial charge on any atom is -0.492 e. The Morgan fingerprint density at radius 1 is 0.917 bits per heavy atom. The molecule has 0 bridgehead atoms. The second kappa shape index (κ2) is 7.34. The first-order chi connectivity index (χ1) is 11.5. The quantitative estimate of drug-likeness (QED) is 0.814. The fourth-order valence-corrected chi connectivity index (χ4v) is 3.34. The second-order valence-electron chi connectivity index (χ2n) is 5.92. The average molecular weight is 347 g/mol. The van der Waals surface area contributed by atoms with Gasteiger partial charge in [-0.2, -0.15) is 8.42 Å². The van der Waals surface area contributed by atoms with Crippen LogP contribution >= 0.6 is 0 Å². The highest BCUT2D eigenvalue weighted by molar-refractivity contribution is 7.85. The van der Waals surface area contributed by atoms with E-state index in [0.29, 0.717) is 6.61 Å². The molecule has 1 N–H and O–H groups in total. The summed E-state index contributed by atoms with van der Waals surface area (Å²) in [6.45, 7) is 3.98. The van der Waals surface area contributed by atoms with E-state index in [0.717, 1.165) is 23.4 Å². The molecule has 24 heavy (non-hydrogen) atoms. The molecule has 2 aromatic carbocycles. The summed E-state index contributed by atoms with van der Waals surface area (Å²) >= 11 is 0. The van der Waals surface area contributed by atoms with Gasteiger partial charge < -0.3 is 4.74 Å². The van der Waals surface area contributed by atoms with Crippen molar-refractivity contribution in [2.45, 2.75) is 17.7 Å². The third-order valence-corrected chi connectivity index (χ3v) is 5.08. The summed E-state index contributed by atoms with van der Waals surface area (Å²) in [5.41, 5.74) is 1.84. The topological polar surface area (TPSA) is 66.8 Å². The highest BCUT2D eigenvalue weighted by Crippen LogP contribution is 2.24. The maximum atomic E-state index is 11.1. The van der Waals surface area contributed by atoms with E-state index in [1.54, 1.807) is 12.1 Å². The summed E-state index contributed by atoms with van der Waals surface area (Å²) in [6, 6.07) is 13.8. The molecule has 5 nitrogen and oxygen atoms in total. The van der Waals surface area contributed by atoms with Gasteiger partial charge in [0, 0.05) is 6.54 Å². The minimum absolute atomic E-state index is 0.104. The van der Waals surface area contributed by atoms with E-state index in [4.69, 9.17) is 9.29 Å². The largest absolute Gasteiger partial charge is 0.492 e. The smallest absolute Gasteiger partial charge is 0.294 e. The van der Waals surface area contributed by atoms with Crippen molar-refractivity contribution in [2.24, 2.45) is 0 Å². The maximum Gasteiger partial charge on any atom is 0.294 e. The van der Waals surface area contributed by atoms with Crippen LogP contribution in [0.3, 0.4) is 0 Å². The van der Waals surface area contributed by atoms with Crippen LogP contribution in [0, 0.1) is 0 Å². The molecule has 2 aromatic rings. The predicted molar refractivity (Wildman–Crippen MR) is 92.9 cm³/mol. The van der Waals surface area contributed by atoms with Crippen LogP contribution in [0.1, 0.15) is 12.8 Å². The van der Waals surface area contributed by atoms with Crippen molar-refractivity contribution in [2.75, 3.05) is 26.2 Å². The lowest BCUT2D eigenvalue weighted by Crippen LogP contribution is -2.25. The van der Waals surface area contributed by atoms with E-state index in [2.05, 4.69) is 4.90 Å². The van der Waals surface area contributed by atoms with Gasteiger partial charge in [0.05, 0.1) is 4.90 Å². The lowest BCUT2D eigenvalue weighted by Gasteiger charge is -2.15. The van der Waals surface area contributed by atoms with Gasteiger partial charge in [0.1, 0.15) is 12.4 Å². The van der Waals surface area contributed by atoms with Crippen LogP contribution in [0.5, 0.6) is 5.75 Å². The molecule has 0 spiro atoms. The van der Waals surface area contributed by atoms with Gasteiger partial charge in [0.15, 0.2) is 0 Å². The van der Waals surface area contributed by atoms with Gasteiger partial charge in [-0.25, -0.2) is 0 Å². The van der Waals surface area contributed by atoms with Crippen LogP contribution in [-0.2, 0) is 10.1 Å². The molecule has 6 heteroatoms. The molecule has 0 aromatic heterocycles. The zero-order valence-corrected chi connectivity index (χ0v) is 14.2. The molecule has 0 amide bonds. The van der Waals surface area contributed by atoms with Crippen LogP contribution in [0.15, 0.2) is 53.4 Å². The van der Waals surface area contributed by atoms with Gasteiger partial charge in [0.25, 0.3) is 10.1 Å². The van der Waals surface area contributed by atoms with E-state index in [1.165, 1.54) is 38.1 Å². The maximum absolute atomic E-state index is 11.1. The Hall–Kier alpha value is -1.89. The summed E-state index contributed by atoms with van der Waals surface area (Å²) in [5, 5.41) is 0. The second-order valence-corrected chi connectivity index (χ2v) is 7.34. The van der Waals surface area contributed by atoms with Crippen molar-refractivity contribution in [1.29, 1.82) is 0 Å². The molecule has 0 radical (unpaired) electrons. The monoisotopic (exact) mass is 347 g/mol. The van der Waals surface area contributed by atoms with Gasteiger partial charge in [-0.1, -0.05) is 24.3 Å². The number of hydrogen-bond donors (Lipinski definition) is 1. The first-order valence-corrected chi connectivity index (χ1v) is 9.49. The molecule has 1 fully saturated rings. The Balaban J connectivity index is 1.59. The molecule has 0 unspecified atom stereocenters. The highest BCUT2D eigenvalue weighted by atomic mass is 32.2. The molecule has 1 saturated heterocycles. The third-order valence-electron chi connectivity index (χ3n) is 4.21. The van der Waals surface area contributed by atoms with Gasteiger partial charge >= 0.3 is 0 Å². The molecular weight excluding hydrogens is 326 g/mol. The number of likely N-dealkylation sites (tertiary alicyclic amines) is 1. The summed E-state index contributed by atoms with van der Waals surface area (Å²) in [6.07, 6.45) is 2.57. The molecule has 1 aliphatic heterocycles. The van der Waals surface area contributed by atoms with Crippen LogP contribution in [0.25, 0.3) is 11.1 Å². The van der Waals surface area contributed by atoms with Gasteiger partial charge in [0.2, 0.25) is 0 Å². The third kappa shape index (κ3) is 4.35. The summed E-state index contributed by atoms with van der Waals surface area (Å²) < 4.78 is 36.9. The van der Waals surface area contributed by atoms with Crippen molar-refractivity contribution in [1.82, 2.24) is 4.90 Å². The van der Waals surface area contributed by atoms with Crippen molar-refractivity contribution < 1.29 is 17.7 Å². The van der Waals surface area contributed by atoms with Crippen LogP contribution < -0.4 is 4.74 Å². The average Bonchev–Trinajstić information content (AvgIpc) is 3.08. The molecule has 0 aliphatic carbocycles. The van der Waals surface area contributed by atoms with E-state index >= 15 is 0 Å². The zero-order chi connectivity index (χ0) is 17.0. The van der Waals surface area contributed by atoms with Crippen molar-refractivity contribution in [3.8, 4) is 16.9 Å². The Labute approximate surface area is 142 Å². The first kappa shape index (κ1) is 17.0. The van der Waals surface area contributed by atoms with E-state index in [-0.39, 0.29) is 4.90 Å². The molecule has 3 rings (SSSR count). The standard InChI is InChI=1S/C18H21NO4S/c20-24(21,22)18-9-5-16(6-10-18)15-3-7-17(8-4-15)23-14-13-19-11-1-2-12-19/h3-10H,1-2,11-14H2,(H,20,21,22). The molecule has 0 atom stereocenters. The molecule has 0 saturated carbocycles. The van der Waals surface area contributed by atoms with E-state index < -0.39 is 10.1 Å². The predicted octanol–water partition coefficient (Wildman–Crippen LogP) is 3.07. The number of benzene rings is 2. The van der Waals surface area contributed by atoms with E-state index in [1.807, 2.05) is 24.3 Å². The van der Waals surface area contributed by atoms with Gasteiger partial charge in [-0.3, -0.25) is 9.45 Å². The fourth-order valence-electron chi connectivity index (χ4n) is 2.86. The normalized spacial score (nSPS) is 15.5. The number of ether oxygens (including phenoxy) is 1. The van der Waals surface area contributed by atoms with Crippen LogP contribution in [-0.4, -0.2) is 44.1 Å². The Kier molecular flexibility index (Phi) is 5.18. The van der Waals surface area contributed by atoms with Crippen molar-refractivity contribution in [3.05, 3.63) is 48.5 Å². The van der Waals surface area contributed by atoms with Gasteiger partial charge in [-0.15, -0.1) is 0 Å². The Morgan fingerprint density at radius 3 is 2.00 bits per heavy atom. The highest BCUT2D eigenvalue weighted by Gasteiger charge is 2.11. The van der Waals surface area contributed by atoms with Crippen molar-refractivity contribution in [3.63, 3.8) is 0 Å². The molecule has 128 valence electrons. The van der Waals surface area contributed by atoms with Crippen molar-refractivity contribution >= 4 is 10.1 Å². The Morgan fingerprint density at radius 2 is 1.46 bits per heavy atom. The Bertz CT molecular complexity index is 764. The number of nitrogens with zero attached hydrogens (tertiary/aromatic N) is 1.